The van der Waals surface area contributed by atoms with Crippen LogP contribution in [0.1, 0.15) is 30.0 Å². The van der Waals surface area contributed by atoms with E-state index in [9.17, 15) is 9.18 Å². The quantitative estimate of drug-likeness (QED) is 0.607. The third kappa shape index (κ3) is 3.96. The fourth-order valence-corrected chi connectivity index (χ4v) is 2.47. The van der Waals surface area contributed by atoms with E-state index in [-0.39, 0.29) is 5.82 Å². The first-order valence-corrected chi connectivity index (χ1v) is 7.99. The average molecular weight is 323 g/mol. The molecule has 0 saturated heterocycles. The van der Waals surface area contributed by atoms with E-state index in [1.165, 1.54) is 17.7 Å². The van der Waals surface area contributed by atoms with Crippen LogP contribution in [-0.4, -0.2) is 11.9 Å². The summed E-state index contributed by atoms with van der Waals surface area (Å²) < 4.78 is 18.1. The number of carbonyl (C=O) groups is 1. The molecule has 2 aromatic carbocycles. The summed E-state index contributed by atoms with van der Waals surface area (Å²) in [5.74, 6) is -0.285. The zero-order chi connectivity index (χ0) is 16.9. The minimum absolute atomic E-state index is 0.261. The van der Waals surface area contributed by atoms with Gasteiger partial charge in [-0.05, 0) is 47.7 Å². The molecule has 0 unspecified atom stereocenters. The molecular formula is C20H18FNO2. The maximum Gasteiger partial charge on any atom is 0.363 e. The molecule has 1 aliphatic heterocycles. The van der Waals surface area contributed by atoms with Gasteiger partial charge in [-0.25, -0.2) is 14.2 Å². The number of hydrogen-bond donors (Lipinski definition) is 0. The van der Waals surface area contributed by atoms with Crippen molar-refractivity contribution < 1.29 is 13.9 Å². The fourth-order valence-electron chi connectivity index (χ4n) is 2.47. The van der Waals surface area contributed by atoms with Crippen LogP contribution in [0, 0.1) is 5.82 Å². The predicted molar refractivity (Wildman–Crippen MR) is 92.0 cm³/mol. The molecule has 2 aromatic rings. The SMILES string of the molecule is CCc1ccc(/C=C2/N=C(CCc3ccc(F)cc3)OC2=O)cc1. The zero-order valence-electron chi connectivity index (χ0n) is 13.5. The van der Waals surface area contributed by atoms with Gasteiger partial charge in [-0.2, -0.15) is 0 Å². The maximum atomic E-state index is 12.9. The first kappa shape index (κ1) is 16.1. The summed E-state index contributed by atoms with van der Waals surface area (Å²) in [5.41, 5.74) is 3.45. The molecule has 3 nitrogen and oxygen atoms in total. The van der Waals surface area contributed by atoms with Gasteiger partial charge in [0.15, 0.2) is 11.6 Å². The van der Waals surface area contributed by atoms with E-state index >= 15 is 0 Å². The zero-order valence-corrected chi connectivity index (χ0v) is 13.5. The monoisotopic (exact) mass is 323 g/mol. The van der Waals surface area contributed by atoms with Crippen LogP contribution >= 0.6 is 0 Å². The van der Waals surface area contributed by atoms with Crippen LogP contribution in [0.3, 0.4) is 0 Å². The van der Waals surface area contributed by atoms with Crippen LogP contribution in [0.2, 0.25) is 0 Å². The minimum Gasteiger partial charge on any atom is -0.407 e. The number of rotatable bonds is 5. The van der Waals surface area contributed by atoms with Crippen molar-refractivity contribution in [2.24, 2.45) is 4.99 Å². The van der Waals surface area contributed by atoms with Crippen LogP contribution in [0.4, 0.5) is 4.39 Å². The van der Waals surface area contributed by atoms with Gasteiger partial charge in [0.1, 0.15) is 5.82 Å². The van der Waals surface area contributed by atoms with Gasteiger partial charge in [0.05, 0.1) is 0 Å². The van der Waals surface area contributed by atoms with Crippen LogP contribution in [0.25, 0.3) is 6.08 Å². The Labute approximate surface area is 140 Å². The van der Waals surface area contributed by atoms with Crippen molar-refractivity contribution in [2.75, 3.05) is 0 Å². The number of carbonyl (C=O) groups excluding carboxylic acids is 1. The number of ether oxygens (including phenoxy) is 1. The first-order valence-electron chi connectivity index (χ1n) is 7.99. The van der Waals surface area contributed by atoms with Crippen molar-refractivity contribution in [3.8, 4) is 0 Å². The van der Waals surface area contributed by atoms with E-state index in [2.05, 4.69) is 11.9 Å². The molecule has 0 fully saturated rings. The number of hydrogen-bond acceptors (Lipinski definition) is 3. The number of cyclic esters (lactones) is 1. The topological polar surface area (TPSA) is 38.7 Å². The van der Waals surface area contributed by atoms with E-state index in [0.29, 0.717) is 24.4 Å². The largest absolute Gasteiger partial charge is 0.407 e. The van der Waals surface area contributed by atoms with Gasteiger partial charge in [0.25, 0.3) is 0 Å². The standard InChI is InChI=1S/C20H18FNO2/c1-2-14-3-5-16(6-4-14)13-18-20(23)24-19(22-18)12-9-15-7-10-17(21)11-8-15/h3-8,10-11,13H,2,9,12H2,1H3/b18-13+. The number of halogens is 1. The third-order valence-electron chi connectivity index (χ3n) is 3.90. The molecule has 0 radical (unpaired) electrons. The highest BCUT2D eigenvalue weighted by molar-refractivity contribution is 6.07. The molecule has 0 saturated carbocycles. The smallest absolute Gasteiger partial charge is 0.363 e. The number of esters is 1. The predicted octanol–water partition coefficient (Wildman–Crippen LogP) is 4.32. The summed E-state index contributed by atoms with van der Waals surface area (Å²) in [7, 11) is 0. The average Bonchev–Trinajstić information content (AvgIpc) is 2.95. The number of nitrogens with zero attached hydrogens (tertiary/aromatic N) is 1. The third-order valence-corrected chi connectivity index (χ3v) is 3.90. The molecular weight excluding hydrogens is 305 g/mol. The van der Waals surface area contributed by atoms with Crippen molar-refractivity contribution in [1.82, 2.24) is 0 Å². The Bertz CT molecular complexity index is 789. The van der Waals surface area contributed by atoms with E-state index in [0.717, 1.165) is 17.5 Å². The highest BCUT2D eigenvalue weighted by Gasteiger charge is 2.22. The van der Waals surface area contributed by atoms with E-state index in [1.807, 2.05) is 24.3 Å². The normalized spacial score (nSPS) is 15.5. The molecule has 122 valence electrons. The molecule has 4 heteroatoms. The Morgan fingerprint density at radius 3 is 2.33 bits per heavy atom. The van der Waals surface area contributed by atoms with Crippen molar-refractivity contribution in [3.63, 3.8) is 0 Å². The van der Waals surface area contributed by atoms with Gasteiger partial charge in [0, 0.05) is 6.42 Å². The molecule has 24 heavy (non-hydrogen) atoms. The summed E-state index contributed by atoms with van der Waals surface area (Å²) in [5, 5.41) is 0. The van der Waals surface area contributed by atoms with Crippen molar-refractivity contribution >= 4 is 17.9 Å². The van der Waals surface area contributed by atoms with Crippen molar-refractivity contribution in [1.29, 1.82) is 0 Å². The Balaban J connectivity index is 1.67. The van der Waals surface area contributed by atoms with Crippen molar-refractivity contribution in [3.05, 3.63) is 76.7 Å². The van der Waals surface area contributed by atoms with Crippen LogP contribution in [0.5, 0.6) is 0 Å². The lowest BCUT2D eigenvalue weighted by Crippen LogP contribution is -2.05. The summed E-state index contributed by atoms with van der Waals surface area (Å²) >= 11 is 0. The Morgan fingerprint density at radius 1 is 1.00 bits per heavy atom. The lowest BCUT2D eigenvalue weighted by Gasteiger charge is -2.00. The molecule has 0 spiro atoms. The van der Waals surface area contributed by atoms with E-state index in [1.54, 1.807) is 18.2 Å². The summed E-state index contributed by atoms with van der Waals surface area (Å²) in [4.78, 5) is 16.2. The molecule has 1 aliphatic rings. The molecule has 0 bridgehead atoms. The van der Waals surface area contributed by atoms with Gasteiger partial charge in [-0.15, -0.1) is 0 Å². The molecule has 3 rings (SSSR count). The van der Waals surface area contributed by atoms with Gasteiger partial charge in [-0.3, -0.25) is 0 Å². The van der Waals surface area contributed by atoms with Crippen LogP contribution in [0.15, 0.2) is 59.2 Å². The van der Waals surface area contributed by atoms with Gasteiger partial charge < -0.3 is 4.74 Å². The Hall–Kier alpha value is -2.75. The maximum absolute atomic E-state index is 12.9. The molecule has 0 aliphatic carbocycles. The second kappa shape index (κ2) is 7.21. The lowest BCUT2D eigenvalue weighted by atomic mass is 10.1. The fraction of sp³-hybridized carbons (Fsp3) is 0.200. The highest BCUT2D eigenvalue weighted by atomic mass is 19.1. The first-order chi connectivity index (χ1) is 11.6. The molecule has 0 N–H and O–H groups in total. The second-order valence-corrected chi connectivity index (χ2v) is 5.65. The van der Waals surface area contributed by atoms with E-state index < -0.39 is 5.97 Å². The van der Waals surface area contributed by atoms with Gasteiger partial charge >= 0.3 is 5.97 Å². The molecule has 1 heterocycles. The van der Waals surface area contributed by atoms with Crippen molar-refractivity contribution in [2.45, 2.75) is 26.2 Å². The number of aryl methyl sites for hydroxylation is 2. The van der Waals surface area contributed by atoms with Crippen LogP contribution < -0.4 is 0 Å². The number of aliphatic imine (C=N–C) groups is 1. The molecule has 0 amide bonds. The van der Waals surface area contributed by atoms with Gasteiger partial charge in [-0.1, -0.05) is 43.3 Å². The summed E-state index contributed by atoms with van der Waals surface area (Å²) in [6.45, 7) is 2.10. The highest BCUT2D eigenvalue weighted by Crippen LogP contribution is 2.18. The lowest BCUT2D eigenvalue weighted by molar-refractivity contribution is -0.130. The minimum atomic E-state index is -0.427. The van der Waals surface area contributed by atoms with Gasteiger partial charge in [0.2, 0.25) is 0 Å². The van der Waals surface area contributed by atoms with Crippen LogP contribution in [-0.2, 0) is 22.4 Å². The summed E-state index contributed by atoms with van der Waals surface area (Å²) in [6, 6.07) is 14.3. The second-order valence-electron chi connectivity index (χ2n) is 5.65. The molecule has 0 aromatic heterocycles. The summed E-state index contributed by atoms with van der Waals surface area (Å²) in [6.07, 6.45) is 3.85. The Morgan fingerprint density at radius 2 is 1.67 bits per heavy atom. The Kier molecular flexibility index (Phi) is 4.85. The molecule has 0 atom stereocenters. The van der Waals surface area contributed by atoms with E-state index in [4.69, 9.17) is 4.74 Å². The number of benzene rings is 2.